The average Bonchev–Trinajstić information content (AvgIpc) is 2.69. The van der Waals surface area contributed by atoms with Gasteiger partial charge in [-0.1, -0.05) is 44.5 Å². The maximum Gasteiger partial charge on any atom is 0.163 e. The number of hydrogen-bond donors (Lipinski definition) is 1. The molecular weight excluding hydrogens is 352 g/mol. The number of piperidine rings is 1. The first-order chi connectivity index (χ1) is 13.2. The van der Waals surface area contributed by atoms with E-state index in [0.717, 1.165) is 34.8 Å². The molecule has 4 rings (SSSR count). The number of nitrogens with zero attached hydrogens (tertiary/aromatic N) is 3. The van der Waals surface area contributed by atoms with Gasteiger partial charge in [0.15, 0.2) is 5.82 Å². The lowest BCUT2D eigenvalue weighted by Crippen LogP contribution is -2.35. The predicted molar refractivity (Wildman–Crippen MR) is 113 cm³/mol. The summed E-state index contributed by atoms with van der Waals surface area (Å²) in [4.78, 5) is 12.7. The predicted octanol–water partition coefficient (Wildman–Crippen LogP) is 5.38. The van der Waals surface area contributed by atoms with Crippen LogP contribution in [0, 0.1) is 11.8 Å². The van der Waals surface area contributed by atoms with Crippen LogP contribution in [0.5, 0.6) is 0 Å². The van der Waals surface area contributed by atoms with Gasteiger partial charge in [0.2, 0.25) is 0 Å². The summed E-state index contributed by atoms with van der Waals surface area (Å²) in [5.41, 5.74) is 2.56. The molecule has 0 radical (unpaired) electrons. The van der Waals surface area contributed by atoms with Gasteiger partial charge >= 0.3 is 0 Å². The number of anilines is 2. The second-order valence-corrected chi connectivity index (χ2v) is 9.30. The van der Waals surface area contributed by atoms with Crippen LogP contribution in [-0.2, 0) is 6.42 Å². The lowest BCUT2D eigenvalue weighted by atomic mass is 9.89. The molecule has 144 valence electrons. The quantitative estimate of drug-likeness (QED) is 0.620. The van der Waals surface area contributed by atoms with Crippen LogP contribution in [0.2, 0.25) is 0 Å². The number of fused-ring (bicyclic) bond motifs is 2. The number of hydrogen-bond acceptors (Lipinski definition) is 5. The summed E-state index contributed by atoms with van der Waals surface area (Å²) in [7, 11) is 0. The Kier molecular flexibility index (Phi) is 5.98. The molecular formula is C22H30N4S. The molecule has 5 heteroatoms. The topological polar surface area (TPSA) is 41.0 Å². The van der Waals surface area contributed by atoms with Gasteiger partial charge in [-0.3, -0.25) is 0 Å². The van der Waals surface area contributed by atoms with Crippen molar-refractivity contribution in [2.45, 2.75) is 55.9 Å². The van der Waals surface area contributed by atoms with Crippen LogP contribution < -0.4 is 5.32 Å². The first-order valence-corrected chi connectivity index (χ1v) is 11.1. The van der Waals surface area contributed by atoms with E-state index in [1.807, 2.05) is 0 Å². The maximum atomic E-state index is 4.40. The highest BCUT2D eigenvalue weighted by molar-refractivity contribution is 7.99. The van der Waals surface area contributed by atoms with Crippen molar-refractivity contribution >= 4 is 23.3 Å². The third-order valence-corrected chi connectivity index (χ3v) is 6.81. The minimum Gasteiger partial charge on any atom is -0.337 e. The minimum absolute atomic E-state index is 0.844. The summed E-state index contributed by atoms with van der Waals surface area (Å²) in [6.07, 6.45) is 10.2. The zero-order valence-electron chi connectivity index (χ0n) is 16.4. The van der Waals surface area contributed by atoms with Crippen LogP contribution >= 0.6 is 11.8 Å². The molecule has 27 heavy (non-hydrogen) atoms. The molecule has 3 heterocycles. The van der Waals surface area contributed by atoms with E-state index in [4.69, 9.17) is 0 Å². The van der Waals surface area contributed by atoms with Gasteiger partial charge in [-0.15, -0.1) is 0 Å². The van der Waals surface area contributed by atoms with Crippen molar-refractivity contribution in [1.82, 2.24) is 14.9 Å². The van der Waals surface area contributed by atoms with Crippen molar-refractivity contribution in [1.29, 1.82) is 0 Å². The van der Waals surface area contributed by atoms with E-state index in [2.05, 4.69) is 52.2 Å². The van der Waals surface area contributed by atoms with Crippen molar-refractivity contribution in [2.24, 2.45) is 11.8 Å². The van der Waals surface area contributed by atoms with Crippen LogP contribution in [0.25, 0.3) is 0 Å². The normalized spacial score (nSPS) is 17.4. The third kappa shape index (κ3) is 4.82. The SMILES string of the molecule is CC(C)CCC1CCN(CCc2ccc3c(c2)Nc2nccnc2S3)CC1. The number of benzene rings is 1. The zero-order chi connectivity index (χ0) is 18.6. The highest BCUT2D eigenvalue weighted by Gasteiger charge is 2.20. The fourth-order valence-electron chi connectivity index (χ4n) is 3.99. The van der Waals surface area contributed by atoms with E-state index in [-0.39, 0.29) is 0 Å². The Labute approximate surface area is 167 Å². The molecule has 0 saturated carbocycles. The highest BCUT2D eigenvalue weighted by Crippen LogP contribution is 2.42. The van der Waals surface area contributed by atoms with Crippen molar-refractivity contribution in [2.75, 3.05) is 25.0 Å². The van der Waals surface area contributed by atoms with E-state index >= 15 is 0 Å². The fourth-order valence-corrected chi connectivity index (χ4v) is 4.87. The number of rotatable bonds is 6. The largest absolute Gasteiger partial charge is 0.337 e. The minimum atomic E-state index is 0.844. The second-order valence-electron chi connectivity index (χ2n) is 8.27. The molecule has 4 nitrogen and oxygen atoms in total. The molecule has 0 bridgehead atoms. The summed E-state index contributed by atoms with van der Waals surface area (Å²) in [6, 6.07) is 6.78. The molecule has 1 N–H and O–H groups in total. The van der Waals surface area contributed by atoms with Gasteiger partial charge in [0.25, 0.3) is 0 Å². The molecule has 0 amide bonds. The van der Waals surface area contributed by atoms with Gasteiger partial charge in [-0.2, -0.15) is 0 Å². The first-order valence-electron chi connectivity index (χ1n) is 10.3. The summed E-state index contributed by atoms with van der Waals surface area (Å²) in [6.45, 7) is 8.38. The van der Waals surface area contributed by atoms with Crippen molar-refractivity contribution in [3.05, 3.63) is 36.2 Å². The molecule has 1 saturated heterocycles. The number of aromatic nitrogens is 2. The van der Waals surface area contributed by atoms with Gasteiger partial charge in [0.05, 0.1) is 5.69 Å². The van der Waals surface area contributed by atoms with E-state index in [0.29, 0.717) is 0 Å². The summed E-state index contributed by atoms with van der Waals surface area (Å²) < 4.78 is 0. The summed E-state index contributed by atoms with van der Waals surface area (Å²) in [5, 5.41) is 4.40. The lowest BCUT2D eigenvalue weighted by molar-refractivity contribution is 0.176. The Bertz CT molecular complexity index is 769. The summed E-state index contributed by atoms with van der Waals surface area (Å²) >= 11 is 1.70. The van der Waals surface area contributed by atoms with Crippen LogP contribution in [0.4, 0.5) is 11.5 Å². The Hall–Kier alpha value is -1.59. The molecule has 2 aliphatic rings. The Balaban J connectivity index is 1.28. The maximum absolute atomic E-state index is 4.40. The first kappa shape index (κ1) is 18.8. The Morgan fingerprint density at radius 2 is 2.00 bits per heavy atom. The smallest absolute Gasteiger partial charge is 0.163 e. The molecule has 2 aliphatic heterocycles. The second kappa shape index (κ2) is 8.61. The molecule has 1 aromatic heterocycles. The van der Waals surface area contributed by atoms with Crippen LogP contribution in [-0.4, -0.2) is 34.5 Å². The van der Waals surface area contributed by atoms with Crippen LogP contribution in [0.1, 0.15) is 45.1 Å². The van der Waals surface area contributed by atoms with Gasteiger partial charge in [0, 0.05) is 23.8 Å². The highest BCUT2D eigenvalue weighted by atomic mass is 32.2. The van der Waals surface area contributed by atoms with E-state index in [1.165, 1.54) is 55.8 Å². The Morgan fingerprint density at radius 3 is 2.81 bits per heavy atom. The van der Waals surface area contributed by atoms with Crippen molar-refractivity contribution in [3.63, 3.8) is 0 Å². The standard InChI is InChI=1S/C22H30N4S/c1-16(2)3-4-17-7-12-26(13-8-17)14-9-18-5-6-20-19(15-18)25-21-22(27-20)24-11-10-23-21/h5-6,10-11,15-17H,3-4,7-9,12-14H2,1-2H3,(H,23,25). The van der Waals surface area contributed by atoms with Gasteiger partial charge in [0.1, 0.15) is 5.03 Å². The molecule has 1 aromatic carbocycles. The fraction of sp³-hybridized carbons (Fsp3) is 0.545. The zero-order valence-corrected chi connectivity index (χ0v) is 17.3. The van der Waals surface area contributed by atoms with Gasteiger partial charge in [-0.25, -0.2) is 9.97 Å². The molecule has 0 aliphatic carbocycles. The molecule has 0 atom stereocenters. The number of nitrogens with one attached hydrogen (secondary N) is 1. The molecule has 0 unspecified atom stereocenters. The Morgan fingerprint density at radius 1 is 1.19 bits per heavy atom. The third-order valence-electron chi connectivity index (χ3n) is 5.74. The van der Waals surface area contributed by atoms with Crippen molar-refractivity contribution < 1.29 is 0 Å². The molecule has 0 spiro atoms. The van der Waals surface area contributed by atoms with Gasteiger partial charge in [-0.05, 0) is 61.9 Å². The van der Waals surface area contributed by atoms with Crippen LogP contribution in [0.3, 0.4) is 0 Å². The monoisotopic (exact) mass is 382 g/mol. The number of likely N-dealkylation sites (tertiary alicyclic amines) is 1. The molecule has 2 aromatic rings. The lowest BCUT2D eigenvalue weighted by Gasteiger charge is -2.32. The van der Waals surface area contributed by atoms with Crippen LogP contribution in [0.15, 0.2) is 40.5 Å². The molecule has 1 fully saturated rings. The van der Waals surface area contributed by atoms with E-state index < -0.39 is 0 Å². The average molecular weight is 383 g/mol. The summed E-state index contributed by atoms with van der Waals surface area (Å²) in [5.74, 6) is 2.67. The van der Waals surface area contributed by atoms with E-state index in [9.17, 15) is 0 Å². The van der Waals surface area contributed by atoms with Gasteiger partial charge < -0.3 is 10.2 Å². The van der Waals surface area contributed by atoms with Crippen molar-refractivity contribution in [3.8, 4) is 0 Å². The van der Waals surface area contributed by atoms with E-state index in [1.54, 1.807) is 24.2 Å².